The van der Waals surface area contributed by atoms with Crippen molar-refractivity contribution in [3.63, 3.8) is 0 Å². The number of H-pyrrole nitrogens is 2. The van der Waals surface area contributed by atoms with E-state index in [1.807, 2.05) is 6.92 Å². The van der Waals surface area contributed by atoms with Gasteiger partial charge in [0.05, 0.1) is 16.3 Å². The Morgan fingerprint density at radius 2 is 1.82 bits per heavy atom. The average molecular weight is 375 g/mol. The Balaban J connectivity index is 2.05. The number of hydrogen-bond acceptors (Lipinski definition) is 4. The van der Waals surface area contributed by atoms with Crippen LogP contribution in [0.5, 0.6) is 5.75 Å². The van der Waals surface area contributed by atoms with Crippen LogP contribution in [0.2, 0.25) is 0 Å². The topological polar surface area (TPSA) is 106 Å². The number of phenolic OH excluding ortho intramolecular Hbond substituents is 1. The summed E-state index contributed by atoms with van der Waals surface area (Å²) in [6.45, 7) is 2.20. The van der Waals surface area contributed by atoms with E-state index in [9.17, 15) is 19.5 Å². The van der Waals surface area contributed by atoms with Crippen LogP contribution >= 0.6 is 0 Å². The first-order valence-electron chi connectivity index (χ1n) is 8.78. The second-order valence-corrected chi connectivity index (χ2v) is 6.38. The molecule has 0 saturated carbocycles. The molecule has 4 rings (SSSR count). The molecule has 1 aliphatic heterocycles. The van der Waals surface area contributed by atoms with Crippen LogP contribution in [-0.4, -0.2) is 33.5 Å². The highest BCUT2D eigenvalue weighted by molar-refractivity contribution is 6.51. The number of carbonyl (C=O) groups excluding carboxylic acids is 2. The molecule has 1 aromatic heterocycles. The van der Waals surface area contributed by atoms with E-state index in [0.717, 1.165) is 0 Å². The molecule has 2 heterocycles. The molecular formula is C21H17N3O4. The summed E-state index contributed by atoms with van der Waals surface area (Å²) in [6, 6.07) is 13.2. The SMILES string of the molecule is CCN1C(=O)/C(=c2/[nH][nH]c(=O)/c2=C\c2cccc(O)c2)C(=O)c2ccccc21. The van der Waals surface area contributed by atoms with Gasteiger partial charge >= 0.3 is 0 Å². The molecule has 0 fully saturated rings. The number of rotatable bonds is 2. The minimum atomic E-state index is -0.466. The number of phenols is 1. The highest BCUT2D eigenvalue weighted by Gasteiger charge is 2.35. The second-order valence-electron chi connectivity index (χ2n) is 6.38. The standard InChI is InChI=1S/C21H17N3O4/c1-2-24-16-9-4-3-8-14(16)19(26)17(21(24)28)18-15(20(27)23-22-18)11-12-6-5-7-13(25)10-12/h3-11,22,25H,2H2,1H3,(H,23,27)/b15-11-,18-17+. The molecule has 0 unspecified atom stereocenters. The van der Waals surface area contributed by atoms with Crippen LogP contribution in [0.25, 0.3) is 11.6 Å². The molecule has 0 atom stereocenters. The number of hydrogen-bond donors (Lipinski definition) is 3. The summed E-state index contributed by atoms with van der Waals surface area (Å²) in [5, 5.41) is 15.1. The highest BCUT2D eigenvalue weighted by Crippen LogP contribution is 2.29. The van der Waals surface area contributed by atoms with Gasteiger partial charge in [-0.05, 0) is 42.8 Å². The van der Waals surface area contributed by atoms with Gasteiger partial charge in [0, 0.05) is 12.1 Å². The lowest BCUT2D eigenvalue weighted by Gasteiger charge is -2.28. The number of carbonyl (C=O) groups is 2. The number of nitrogens with zero attached hydrogens (tertiary/aromatic N) is 1. The van der Waals surface area contributed by atoms with E-state index in [1.54, 1.807) is 36.4 Å². The van der Waals surface area contributed by atoms with Gasteiger partial charge in [-0.25, -0.2) is 0 Å². The Labute approximate surface area is 159 Å². The van der Waals surface area contributed by atoms with Crippen LogP contribution < -0.4 is 21.0 Å². The lowest BCUT2D eigenvalue weighted by molar-refractivity contribution is -0.113. The molecule has 28 heavy (non-hydrogen) atoms. The maximum absolute atomic E-state index is 13.1. The van der Waals surface area contributed by atoms with E-state index in [0.29, 0.717) is 23.4 Å². The Bertz CT molecular complexity index is 1280. The zero-order valence-corrected chi connectivity index (χ0v) is 15.0. The molecule has 0 aliphatic carbocycles. The predicted octanol–water partition coefficient (Wildman–Crippen LogP) is 0.637. The van der Waals surface area contributed by atoms with E-state index in [4.69, 9.17) is 0 Å². The normalized spacial score (nSPS) is 16.5. The smallest absolute Gasteiger partial charge is 0.271 e. The first-order valence-corrected chi connectivity index (χ1v) is 8.78. The second kappa shape index (κ2) is 6.70. The fourth-order valence-electron chi connectivity index (χ4n) is 3.40. The van der Waals surface area contributed by atoms with Crippen molar-refractivity contribution in [3.8, 4) is 5.75 Å². The number of aromatic amines is 2. The summed E-state index contributed by atoms with van der Waals surface area (Å²) in [4.78, 5) is 40.0. The van der Waals surface area contributed by atoms with Gasteiger partial charge in [0.25, 0.3) is 11.5 Å². The van der Waals surface area contributed by atoms with Gasteiger partial charge in [-0.2, -0.15) is 0 Å². The van der Waals surface area contributed by atoms with Crippen molar-refractivity contribution in [1.82, 2.24) is 10.2 Å². The summed E-state index contributed by atoms with van der Waals surface area (Å²) < 4.78 is 0. The summed E-state index contributed by atoms with van der Waals surface area (Å²) in [5.41, 5.74) is 0.971. The van der Waals surface area contributed by atoms with Crippen LogP contribution in [0.3, 0.4) is 0 Å². The van der Waals surface area contributed by atoms with Gasteiger partial charge in [0.15, 0.2) is 0 Å². The zero-order valence-electron chi connectivity index (χ0n) is 15.0. The number of amides is 1. The number of para-hydroxylation sites is 1. The fraction of sp³-hybridized carbons (Fsp3) is 0.0952. The maximum Gasteiger partial charge on any atom is 0.271 e. The van der Waals surface area contributed by atoms with Gasteiger partial charge in [-0.15, -0.1) is 0 Å². The third-order valence-corrected chi connectivity index (χ3v) is 4.69. The molecular weight excluding hydrogens is 358 g/mol. The van der Waals surface area contributed by atoms with E-state index in [2.05, 4.69) is 10.2 Å². The minimum Gasteiger partial charge on any atom is -0.508 e. The molecule has 1 amide bonds. The molecule has 3 aromatic rings. The van der Waals surface area contributed by atoms with E-state index in [-0.39, 0.29) is 21.9 Å². The molecule has 0 spiro atoms. The van der Waals surface area contributed by atoms with Crippen LogP contribution in [0.15, 0.2) is 53.3 Å². The first kappa shape index (κ1) is 17.5. The Morgan fingerprint density at radius 3 is 2.57 bits per heavy atom. The molecule has 7 nitrogen and oxygen atoms in total. The van der Waals surface area contributed by atoms with Crippen molar-refractivity contribution in [2.75, 3.05) is 11.4 Å². The van der Waals surface area contributed by atoms with Crippen LogP contribution in [-0.2, 0) is 4.79 Å². The van der Waals surface area contributed by atoms with Gasteiger partial charge in [0.2, 0.25) is 5.78 Å². The van der Waals surface area contributed by atoms with Crippen molar-refractivity contribution in [2.45, 2.75) is 6.92 Å². The van der Waals surface area contributed by atoms with Crippen molar-refractivity contribution in [1.29, 1.82) is 0 Å². The fourth-order valence-corrected chi connectivity index (χ4v) is 3.40. The summed E-state index contributed by atoms with van der Waals surface area (Å²) >= 11 is 0. The van der Waals surface area contributed by atoms with Crippen LogP contribution in [0, 0.1) is 0 Å². The largest absolute Gasteiger partial charge is 0.508 e. The third kappa shape index (κ3) is 2.73. The summed E-state index contributed by atoms with van der Waals surface area (Å²) in [6.07, 6.45) is 1.52. The van der Waals surface area contributed by atoms with Crippen molar-refractivity contribution in [2.24, 2.45) is 0 Å². The Kier molecular flexibility index (Phi) is 4.19. The summed E-state index contributed by atoms with van der Waals surface area (Å²) in [7, 11) is 0. The molecule has 1 aliphatic rings. The lowest BCUT2D eigenvalue weighted by atomic mass is 9.94. The molecule has 0 saturated heterocycles. The number of anilines is 1. The van der Waals surface area contributed by atoms with E-state index in [1.165, 1.54) is 23.1 Å². The number of fused-ring (bicyclic) bond motifs is 1. The monoisotopic (exact) mass is 375 g/mol. The molecule has 0 radical (unpaired) electrons. The number of benzene rings is 2. The van der Waals surface area contributed by atoms with Gasteiger partial charge in [0.1, 0.15) is 11.3 Å². The van der Waals surface area contributed by atoms with Gasteiger partial charge in [-0.3, -0.25) is 24.6 Å². The average Bonchev–Trinajstić information content (AvgIpc) is 3.03. The van der Waals surface area contributed by atoms with Crippen LogP contribution in [0.4, 0.5) is 5.69 Å². The van der Waals surface area contributed by atoms with E-state index < -0.39 is 17.2 Å². The molecule has 140 valence electrons. The number of Topliss-reactive ketones (excluding diaryl/α,β-unsaturated/α-hetero) is 1. The third-order valence-electron chi connectivity index (χ3n) is 4.69. The maximum atomic E-state index is 13.1. The summed E-state index contributed by atoms with van der Waals surface area (Å²) in [5.74, 6) is -0.857. The number of aromatic hydroxyl groups is 1. The number of ketones is 1. The van der Waals surface area contributed by atoms with Gasteiger partial charge < -0.3 is 10.0 Å². The highest BCUT2D eigenvalue weighted by atomic mass is 16.3. The van der Waals surface area contributed by atoms with Crippen molar-refractivity contribution in [3.05, 3.63) is 80.6 Å². The van der Waals surface area contributed by atoms with Crippen molar-refractivity contribution < 1.29 is 14.7 Å². The predicted molar refractivity (Wildman–Crippen MR) is 105 cm³/mol. The van der Waals surface area contributed by atoms with E-state index >= 15 is 0 Å². The van der Waals surface area contributed by atoms with Crippen LogP contribution in [0.1, 0.15) is 22.8 Å². The zero-order chi connectivity index (χ0) is 19.8. The lowest BCUT2D eigenvalue weighted by Crippen LogP contribution is -2.45. The number of aromatic nitrogens is 2. The number of nitrogens with one attached hydrogen (secondary N) is 2. The van der Waals surface area contributed by atoms with Gasteiger partial charge in [-0.1, -0.05) is 24.3 Å². The first-order chi connectivity index (χ1) is 13.5. The van der Waals surface area contributed by atoms with Crippen molar-refractivity contribution >= 4 is 29.0 Å². The quantitative estimate of drug-likeness (QED) is 0.611. The minimum absolute atomic E-state index is 0.0471. The molecule has 3 N–H and O–H groups in total. The Morgan fingerprint density at radius 1 is 1.04 bits per heavy atom. The molecule has 2 aromatic carbocycles. The Hall–Kier alpha value is -3.87. The molecule has 0 bridgehead atoms. The molecule has 7 heteroatoms.